The summed E-state index contributed by atoms with van der Waals surface area (Å²) in [5, 5.41) is 0. The number of rotatable bonds is 39. The molecule has 0 saturated carbocycles. The van der Waals surface area contributed by atoms with Gasteiger partial charge >= 0.3 is 10.4 Å². The fourth-order valence-electron chi connectivity index (χ4n) is 6.81. The van der Waals surface area contributed by atoms with E-state index >= 15 is 0 Å². The van der Waals surface area contributed by atoms with E-state index in [9.17, 15) is 8.42 Å². The van der Waals surface area contributed by atoms with Crippen LogP contribution in [-0.2, 0) is 14.6 Å². The summed E-state index contributed by atoms with van der Waals surface area (Å²) in [6, 6.07) is 0. The van der Waals surface area contributed by atoms with E-state index in [1.54, 1.807) is 0 Å². The van der Waals surface area contributed by atoms with Gasteiger partial charge < -0.3 is 0 Å². The first-order chi connectivity index (χ1) is 22.0. The first-order valence-electron chi connectivity index (χ1n) is 20.6. The third-order valence-electron chi connectivity index (χ3n) is 9.88. The van der Waals surface area contributed by atoms with Gasteiger partial charge in [-0.15, -0.1) is 0 Å². The minimum Gasteiger partial charge on any atom is -0.264 e. The van der Waals surface area contributed by atoms with E-state index < -0.39 is 10.4 Å². The van der Waals surface area contributed by atoms with Gasteiger partial charge in [-0.3, -0.25) is 4.55 Å². The van der Waals surface area contributed by atoms with Gasteiger partial charge in [0.15, 0.2) is 0 Å². The summed E-state index contributed by atoms with van der Waals surface area (Å²) in [7, 11) is -4.34. The Balaban J connectivity index is 3.62. The number of unbranched alkanes of at least 4 members (excludes halogenated alkanes) is 32. The van der Waals surface area contributed by atoms with Crippen molar-refractivity contribution in [1.29, 1.82) is 0 Å². The normalized spacial score (nSPS) is 12.7. The minimum atomic E-state index is -4.34. The van der Waals surface area contributed by atoms with Crippen molar-refractivity contribution in [3.63, 3.8) is 0 Å². The third-order valence-corrected chi connectivity index (χ3v) is 10.3. The molecule has 0 fully saturated rings. The second-order valence-corrected chi connectivity index (χ2v) is 15.6. The Hall–Kier alpha value is -0.130. The first kappa shape index (κ1) is 44.9. The molecule has 0 spiro atoms. The molecule has 0 aromatic rings. The SMILES string of the molecule is CCCCCCCCCCCCCCCCCCCCCC(CCCCCCCCCCCCCCCCC)COS(=O)(=O)O. The summed E-state index contributed by atoms with van der Waals surface area (Å²) in [5.41, 5.74) is 0. The Morgan fingerprint density at radius 3 is 0.778 bits per heavy atom. The Labute approximate surface area is 284 Å². The molecule has 0 aliphatic heterocycles. The Morgan fingerprint density at radius 2 is 0.578 bits per heavy atom. The minimum absolute atomic E-state index is 0.135. The van der Waals surface area contributed by atoms with Gasteiger partial charge in [0.05, 0.1) is 6.61 Å². The van der Waals surface area contributed by atoms with Crippen molar-refractivity contribution < 1.29 is 17.2 Å². The number of hydrogen-bond acceptors (Lipinski definition) is 3. The molecule has 0 heterocycles. The molecular weight excluding hydrogens is 577 g/mol. The molecule has 272 valence electrons. The first-order valence-corrected chi connectivity index (χ1v) is 22.0. The highest BCUT2D eigenvalue weighted by molar-refractivity contribution is 7.80. The van der Waals surface area contributed by atoms with Crippen LogP contribution in [0.1, 0.15) is 245 Å². The lowest BCUT2D eigenvalue weighted by atomic mass is 9.94. The summed E-state index contributed by atoms with van der Waals surface area (Å²) in [4.78, 5) is 0. The summed E-state index contributed by atoms with van der Waals surface area (Å²) in [6.07, 6.45) is 48.5. The largest absolute Gasteiger partial charge is 0.397 e. The van der Waals surface area contributed by atoms with Crippen molar-refractivity contribution in [2.45, 2.75) is 245 Å². The fourth-order valence-corrected chi connectivity index (χ4v) is 7.17. The van der Waals surface area contributed by atoms with Crippen LogP contribution in [-0.4, -0.2) is 19.6 Å². The van der Waals surface area contributed by atoms with Crippen molar-refractivity contribution in [2.75, 3.05) is 6.61 Å². The molecule has 1 unspecified atom stereocenters. The maximum atomic E-state index is 11.1. The monoisotopic (exact) mass is 659 g/mol. The van der Waals surface area contributed by atoms with Crippen molar-refractivity contribution in [3.8, 4) is 0 Å². The maximum absolute atomic E-state index is 11.1. The molecule has 0 aliphatic rings. The van der Waals surface area contributed by atoms with Crippen LogP contribution >= 0.6 is 0 Å². The smallest absolute Gasteiger partial charge is 0.264 e. The molecule has 1 N–H and O–H groups in total. The molecule has 0 saturated heterocycles. The van der Waals surface area contributed by atoms with Gasteiger partial charge in [0.1, 0.15) is 0 Å². The molecule has 0 aliphatic carbocycles. The number of hydrogen-bond donors (Lipinski definition) is 1. The summed E-state index contributed by atoms with van der Waals surface area (Å²) < 4.78 is 36.1. The Kier molecular flexibility index (Phi) is 36.6. The van der Waals surface area contributed by atoms with Crippen LogP contribution in [0, 0.1) is 5.92 Å². The van der Waals surface area contributed by atoms with Gasteiger partial charge in [0, 0.05) is 0 Å². The van der Waals surface area contributed by atoms with E-state index in [2.05, 4.69) is 13.8 Å². The van der Waals surface area contributed by atoms with Crippen molar-refractivity contribution in [3.05, 3.63) is 0 Å². The van der Waals surface area contributed by atoms with Crippen molar-refractivity contribution in [2.24, 2.45) is 5.92 Å². The molecule has 0 rings (SSSR count). The molecule has 45 heavy (non-hydrogen) atoms. The van der Waals surface area contributed by atoms with Crippen molar-refractivity contribution in [1.82, 2.24) is 0 Å². The molecule has 0 amide bonds. The molecule has 0 aromatic heterocycles. The molecule has 4 nitrogen and oxygen atoms in total. The van der Waals surface area contributed by atoms with Gasteiger partial charge in [-0.2, -0.15) is 8.42 Å². The van der Waals surface area contributed by atoms with E-state index in [4.69, 9.17) is 8.74 Å². The van der Waals surface area contributed by atoms with E-state index in [-0.39, 0.29) is 12.5 Å². The molecule has 0 aromatic carbocycles. The highest BCUT2D eigenvalue weighted by atomic mass is 32.3. The van der Waals surface area contributed by atoms with Gasteiger partial charge in [-0.05, 0) is 18.8 Å². The lowest BCUT2D eigenvalue weighted by molar-refractivity contribution is 0.204. The molecule has 0 bridgehead atoms. The van der Waals surface area contributed by atoms with Crippen molar-refractivity contribution >= 4 is 10.4 Å². The van der Waals surface area contributed by atoms with Crippen LogP contribution in [0.25, 0.3) is 0 Å². The quantitative estimate of drug-likeness (QED) is 0.0527. The van der Waals surface area contributed by atoms with Crippen LogP contribution in [0.5, 0.6) is 0 Å². The average molecular weight is 659 g/mol. The highest BCUT2D eigenvalue weighted by Gasteiger charge is 2.13. The summed E-state index contributed by atoms with van der Waals surface area (Å²) in [5.74, 6) is 0.236. The molecule has 0 radical (unpaired) electrons. The lowest BCUT2D eigenvalue weighted by Crippen LogP contribution is -2.14. The van der Waals surface area contributed by atoms with Crippen LogP contribution in [0.4, 0.5) is 0 Å². The summed E-state index contributed by atoms with van der Waals surface area (Å²) >= 11 is 0. The zero-order valence-electron chi connectivity index (χ0n) is 30.8. The molecule has 5 heteroatoms. The van der Waals surface area contributed by atoms with Crippen LogP contribution < -0.4 is 0 Å². The molecular formula is C40H82O4S. The van der Waals surface area contributed by atoms with E-state index in [0.29, 0.717) is 0 Å². The topological polar surface area (TPSA) is 63.6 Å². The second-order valence-electron chi connectivity index (χ2n) is 14.5. The second kappa shape index (κ2) is 36.7. The standard InChI is InChI=1S/C40H82O4S/c1-3-5-7-9-11-13-15-17-19-20-21-22-24-26-28-30-32-34-36-38-40(39-44-45(41,42)43)37-35-33-31-29-27-25-23-18-16-14-12-10-8-6-4-2/h40H,3-39H2,1-2H3,(H,41,42,43). The zero-order valence-corrected chi connectivity index (χ0v) is 31.6. The molecule has 1 atom stereocenters. The Bertz CT molecular complexity index is 651. The third kappa shape index (κ3) is 40.0. The van der Waals surface area contributed by atoms with Crippen LogP contribution in [0.3, 0.4) is 0 Å². The van der Waals surface area contributed by atoms with Gasteiger partial charge in [0.2, 0.25) is 0 Å². The van der Waals surface area contributed by atoms with Gasteiger partial charge in [-0.1, -0.05) is 232 Å². The predicted octanol–water partition coefficient (Wildman–Crippen LogP) is 14.5. The van der Waals surface area contributed by atoms with Crippen LogP contribution in [0.2, 0.25) is 0 Å². The van der Waals surface area contributed by atoms with Crippen LogP contribution in [0.15, 0.2) is 0 Å². The zero-order chi connectivity index (χ0) is 32.9. The van der Waals surface area contributed by atoms with E-state index in [1.807, 2.05) is 0 Å². The fraction of sp³-hybridized carbons (Fsp3) is 1.00. The van der Waals surface area contributed by atoms with E-state index in [1.165, 1.54) is 205 Å². The lowest BCUT2D eigenvalue weighted by Gasteiger charge is -2.16. The predicted molar refractivity (Wildman–Crippen MR) is 199 cm³/mol. The highest BCUT2D eigenvalue weighted by Crippen LogP contribution is 2.21. The van der Waals surface area contributed by atoms with E-state index in [0.717, 1.165) is 25.7 Å². The average Bonchev–Trinajstić information content (AvgIpc) is 3.02. The van der Waals surface area contributed by atoms with Gasteiger partial charge in [-0.25, -0.2) is 4.18 Å². The maximum Gasteiger partial charge on any atom is 0.397 e. The summed E-state index contributed by atoms with van der Waals surface area (Å²) in [6.45, 7) is 4.71. The Morgan fingerprint density at radius 1 is 0.378 bits per heavy atom. The van der Waals surface area contributed by atoms with Gasteiger partial charge in [0.25, 0.3) is 0 Å².